The van der Waals surface area contributed by atoms with Gasteiger partial charge in [-0.05, 0) is 43.3 Å². The number of carboxylic acid groups (broad SMARTS) is 2. The summed E-state index contributed by atoms with van der Waals surface area (Å²) in [5.74, 6) is -1.14. The van der Waals surface area contributed by atoms with E-state index in [4.69, 9.17) is 14.9 Å². The standard InChI is InChI=1S/C18H20BrNO.C4H4O4/c1-20-12-11-18(21-16-9-7-15(19)8-10-16)17(13-20)14-5-3-2-4-6-14;5-3(6)1-2-4(7)8/h2-10,17-18H,11-13H2,1H3;1-2H,(H,5,6)(H,7,8)/b;2-1+/t17-,18+;/m0./s1. The maximum absolute atomic E-state index is 9.55. The van der Waals surface area contributed by atoms with Crippen molar-refractivity contribution in [1.29, 1.82) is 0 Å². The highest BCUT2D eigenvalue weighted by molar-refractivity contribution is 9.10. The summed E-state index contributed by atoms with van der Waals surface area (Å²) in [6.45, 7) is 2.13. The minimum Gasteiger partial charge on any atom is -0.490 e. The van der Waals surface area contributed by atoms with E-state index in [1.165, 1.54) is 5.56 Å². The smallest absolute Gasteiger partial charge is 0.328 e. The summed E-state index contributed by atoms with van der Waals surface area (Å²) in [5, 5.41) is 15.6. The van der Waals surface area contributed by atoms with E-state index in [0.29, 0.717) is 18.1 Å². The molecule has 2 aromatic rings. The number of nitrogens with zero attached hydrogens (tertiary/aromatic N) is 1. The van der Waals surface area contributed by atoms with Crippen molar-refractivity contribution >= 4 is 27.9 Å². The van der Waals surface area contributed by atoms with Gasteiger partial charge in [0, 0.05) is 35.6 Å². The lowest BCUT2D eigenvalue weighted by atomic mass is 9.88. The predicted octanol–water partition coefficient (Wildman–Crippen LogP) is 4.03. The number of rotatable bonds is 5. The molecule has 7 heteroatoms. The molecule has 1 heterocycles. The van der Waals surface area contributed by atoms with Crippen LogP contribution in [0.5, 0.6) is 5.75 Å². The number of hydrogen-bond donors (Lipinski definition) is 2. The molecular weight excluding hydrogens is 438 g/mol. The van der Waals surface area contributed by atoms with E-state index >= 15 is 0 Å². The van der Waals surface area contributed by atoms with Crippen LogP contribution in [0.1, 0.15) is 17.9 Å². The quantitative estimate of drug-likeness (QED) is 0.653. The first-order chi connectivity index (χ1) is 13.8. The van der Waals surface area contributed by atoms with Crippen molar-refractivity contribution in [2.75, 3.05) is 20.1 Å². The van der Waals surface area contributed by atoms with Crippen molar-refractivity contribution in [3.63, 3.8) is 0 Å². The third-order valence-corrected chi connectivity index (χ3v) is 4.98. The average molecular weight is 462 g/mol. The topological polar surface area (TPSA) is 87.1 Å². The summed E-state index contributed by atoms with van der Waals surface area (Å²) in [6, 6.07) is 18.8. The molecule has 3 rings (SSSR count). The van der Waals surface area contributed by atoms with Crippen LogP contribution in [0.25, 0.3) is 0 Å². The van der Waals surface area contributed by atoms with Gasteiger partial charge in [-0.2, -0.15) is 0 Å². The minimum atomic E-state index is -1.26. The number of carboxylic acids is 2. The summed E-state index contributed by atoms with van der Waals surface area (Å²) in [5.41, 5.74) is 1.37. The largest absolute Gasteiger partial charge is 0.490 e. The molecular formula is C22H24BrNO5. The molecule has 6 nitrogen and oxygen atoms in total. The van der Waals surface area contributed by atoms with Gasteiger partial charge in [-0.1, -0.05) is 46.3 Å². The number of carbonyl (C=O) groups is 2. The minimum absolute atomic E-state index is 0.241. The number of aliphatic carboxylic acids is 2. The molecule has 0 aromatic heterocycles. The van der Waals surface area contributed by atoms with Crippen molar-refractivity contribution < 1.29 is 24.5 Å². The Morgan fingerprint density at radius 2 is 1.62 bits per heavy atom. The lowest BCUT2D eigenvalue weighted by molar-refractivity contribution is -0.134. The molecule has 0 radical (unpaired) electrons. The summed E-state index contributed by atoms with van der Waals surface area (Å²) in [6.07, 6.45) is 2.42. The molecule has 2 N–H and O–H groups in total. The zero-order valence-corrected chi connectivity index (χ0v) is 17.7. The van der Waals surface area contributed by atoms with E-state index < -0.39 is 11.9 Å². The second-order valence-electron chi connectivity index (χ2n) is 6.69. The van der Waals surface area contributed by atoms with Crippen LogP contribution in [-0.4, -0.2) is 53.3 Å². The van der Waals surface area contributed by atoms with Gasteiger partial charge in [0.05, 0.1) is 0 Å². The number of likely N-dealkylation sites (tertiary alicyclic amines) is 1. The fraction of sp³-hybridized carbons (Fsp3) is 0.273. The van der Waals surface area contributed by atoms with Crippen LogP contribution in [0, 0.1) is 0 Å². The first kappa shape index (κ1) is 22.6. The fourth-order valence-corrected chi connectivity index (χ4v) is 3.35. The van der Waals surface area contributed by atoms with Crippen LogP contribution in [0.3, 0.4) is 0 Å². The third-order valence-electron chi connectivity index (χ3n) is 4.45. The monoisotopic (exact) mass is 461 g/mol. The number of piperidine rings is 1. The van der Waals surface area contributed by atoms with Crippen LogP contribution in [-0.2, 0) is 9.59 Å². The Kier molecular flexibility index (Phi) is 8.89. The Bertz CT molecular complexity index is 807. The molecule has 0 aliphatic carbocycles. The second-order valence-corrected chi connectivity index (χ2v) is 7.60. The molecule has 154 valence electrons. The second kappa shape index (κ2) is 11.4. The highest BCUT2D eigenvalue weighted by atomic mass is 79.9. The van der Waals surface area contributed by atoms with Gasteiger partial charge in [-0.15, -0.1) is 0 Å². The van der Waals surface area contributed by atoms with Gasteiger partial charge >= 0.3 is 11.9 Å². The first-order valence-corrected chi connectivity index (χ1v) is 9.94. The van der Waals surface area contributed by atoms with E-state index in [9.17, 15) is 9.59 Å². The van der Waals surface area contributed by atoms with Crippen molar-refractivity contribution in [2.45, 2.75) is 18.4 Å². The zero-order valence-electron chi connectivity index (χ0n) is 16.1. The Balaban J connectivity index is 0.000000321. The van der Waals surface area contributed by atoms with Crippen molar-refractivity contribution in [3.05, 3.63) is 76.8 Å². The van der Waals surface area contributed by atoms with Gasteiger partial charge in [0.15, 0.2) is 0 Å². The van der Waals surface area contributed by atoms with Gasteiger partial charge in [0.25, 0.3) is 0 Å². The number of halogens is 1. The normalized spacial score (nSPS) is 19.2. The molecule has 0 saturated carbocycles. The van der Waals surface area contributed by atoms with E-state index in [-0.39, 0.29) is 6.10 Å². The van der Waals surface area contributed by atoms with Crippen molar-refractivity contribution in [2.24, 2.45) is 0 Å². The first-order valence-electron chi connectivity index (χ1n) is 9.15. The molecule has 0 amide bonds. The molecule has 0 unspecified atom stereocenters. The van der Waals surface area contributed by atoms with Gasteiger partial charge in [-0.3, -0.25) is 0 Å². The number of ether oxygens (including phenoxy) is 1. The van der Waals surface area contributed by atoms with E-state index in [0.717, 1.165) is 29.7 Å². The van der Waals surface area contributed by atoms with Crippen LogP contribution in [0.15, 0.2) is 71.2 Å². The lowest BCUT2D eigenvalue weighted by Crippen LogP contribution is -2.42. The fourth-order valence-electron chi connectivity index (χ4n) is 3.09. The molecule has 2 atom stereocenters. The summed E-state index contributed by atoms with van der Waals surface area (Å²) < 4.78 is 7.36. The van der Waals surface area contributed by atoms with Crippen molar-refractivity contribution in [1.82, 2.24) is 4.90 Å². The predicted molar refractivity (Wildman–Crippen MR) is 114 cm³/mol. The van der Waals surface area contributed by atoms with Crippen LogP contribution in [0.4, 0.5) is 0 Å². The van der Waals surface area contributed by atoms with E-state index in [1.807, 2.05) is 24.3 Å². The third kappa shape index (κ3) is 8.09. The molecule has 1 aliphatic rings. The summed E-state index contributed by atoms with van der Waals surface area (Å²) in [7, 11) is 2.19. The summed E-state index contributed by atoms with van der Waals surface area (Å²) in [4.78, 5) is 21.5. The zero-order chi connectivity index (χ0) is 21.2. The van der Waals surface area contributed by atoms with Crippen LogP contribution in [0.2, 0.25) is 0 Å². The molecule has 2 aromatic carbocycles. The van der Waals surface area contributed by atoms with Crippen molar-refractivity contribution in [3.8, 4) is 5.75 Å². The maximum atomic E-state index is 9.55. The molecule has 0 bridgehead atoms. The Morgan fingerprint density at radius 3 is 2.17 bits per heavy atom. The highest BCUT2D eigenvalue weighted by Gasteiger charge is 2.30. The maximum Gasteiger partial charge on any atom is 0.328 e. The van der Waals surface area contributed by atoms with Gasteiger partial charge in [-0.25, -0.2) is 9.59 Å². The molecule has 29 heavy (non-hydrogen) atoms. The number of hydrogen-bond acceptors (Lipinski definition) is 4. The Hall–Kier alpha value is -2.64. The lowest BCUT2D eigenvalue weighted by Gasteiger charge is -2.37. The number of likely N-dealkylation sites (N-methyl/N-ethyl adjacent to an activating group) is 1. The van der Waals surface area contributed by atoms with E-state index in [2.05, 4.69) is 58.2 Å². The van der Waals surface area contributed by atoms with Gasteiger partial charge in [0.2, 0.25) is 0 Å². The molecule has 1 aliphatic heterocycles. The van der Waals surface area contributed by atoms with Gasteiger partial charge < -0.3 is 19.8 Å². The van der Waals surface area contributed by atoms with Crippen LogP contribution >= 0.6 is 15.9 Å². The van der Waals surface area contributed by atoms with E-state index in [1.54, 1.807) is 0 Å². The highest BCUT2D eigenvalue weighted by Crippen LogP contribution is 2.30. The molecule has 1 fully saturated rings. The molecule has 1 saturated heterocycles. The average Bonchev–Trinajstić information content (AvgIpc) is 2.70. The molecule has 0 spiro atoms. The Morgan fingerprint density at radius 1 is 1.03 bits per heavy atom. The van der Waals surface area contributed by atoms with Crippen LogP contribution < -0.4 is 4.74 Å². The Labute approximate surface area is 178 Å². The number of benzene rings is 2. The van der Waals surface area contributed by atoms with Gasteiger partial charge in [0.1, 0.15) is 11.9 Å². The SMILES string of the molecule is CN1CC[C@@H](Oc2ccc(Br)cc2)[C@H](c2ccccc2)C1.O=C(O)/C=C/C(=O)O. The summed E-state index contributed by atoms with van der Waals surface area (Å²) >= 11 is 3.46.